The zero-order valence-electron chi connectivity index (χ0n) is 12.2. The number of rotatable bonds is 4. The maximum atomic E-state index is 6.49. The molecule has 0 radical (unpaired) electrons. The summed E-state index contributed by atoms with van der Waals surface area (Å²) >= 11 is 1.75. The molecule has 19 heavy (non-hydrogen) atoms. The molecular weight excluding hydrogens is 252 g/mol. The van der Waals surface area contributed by atoms with Crippen LogP contribution in [0.3, 0.4) is 0 Å². The van der Waals surface area contributed by atoms with Gasteiger partial charge in [-0.05, 0) is 38.3 Å². The standard InChI is InChI=1S/C16H22N2S/c1-5-13-6-8-14(9-7-13)16(4,17)10-15-18-11(2)12(3)19-15/h6-9H,5,10,17H2,1-4H3. The van der Waals surface area contributed by atoms with Gasteiger partial charge in [-0.25, -0.2) is 4.98 Å². The van der Waals surface area contributed by atoms with E-state index >= 15 is 0 Å². The topological polar surface area (TPSA) is 38.9 Å². The lowest BCUT2D eigenvalue weighted by Gasteiger charge is -2.24. The second kappa shape index (κ2) is 5.43. The van der Waals surface area contributed by atoms with Gasteiger partial charge in [0.15, 0.2) is 0 Å². The van der Waals surface area contributed by atoms with Gasteiger partial charge in [0.05, 0.1) is 10.7 Å². The fourth-order valence-electron chi connectivity index (χ4n) is 2.15. The van der Waals surface area contributed by atoms with E-state index in [1.807, 2.05) is 0 Å². The molecule has 102 valence electrons. The molecule has 0 spiro atoms. The molecule has 0 fully saturated rings. The number of hydrogen-bond donors (Lipinski definition) is 1. The van der Waals surface area contributed by atoms with Gasteiger partial charge < -0.3 is 5.73 Å². The molecule has 0 aliphatic carbocycles. The molecule has 2 nitrogen and oxygen atoms in total. The summed E-state index contributed by atoms with van der Waals surface area (Å²) in [6.07, 6.45) is 1.85. The molecule has 1 heterocycles. The summed E-state index contributed by atoms with van der Waals surface area (Å²) in [5.74, 6) is 0. The third-order valence-electron chi connectivity index (χ3n) is 3.61. The zero-order chi connectivity index (χ0) is 14.0. The predicted molar refractivity (Wildman–Crippen MR) is 82.7 cm³/mol. The van der Waals surface area contributed by atoms with E-state index in [4.69, 9.17) is 5.73 Å². The van der Waals surface area contributed by atoms with E-state index in [0.717, 1.165) is 23.5 Å². The van der Waals surface area contributed by atoms with Crippen LogP contribution in [-0.2, 0) is 18.4 Å². The molecular formula is C16H22N2S. The number of nitrogens with two attached hydrogens (primary N) is 1. The van der Waals surface area contributed by atoms with Crippen molar-refractivity contribution in [2.45, 2.75) is 46.1 Å². The number of thiazole rings is 1. The second-order valence-corrected chi connectivity index (χ2v) is 6.68. The highest BCUT2D eigenvalue weighted by Gasteiger charge is 2.23. The first-order valence-electron chi connectivity index (χ1n) is 6.73. The van der Waals surface area contributed by atoms with Gasteiger partial charge in [-0.3, -0.25) is 0 Å². The minimum atomic E-state index is -0.358. The van der Waals surface area contributed by atoms with Gasteiger partial charge in [0.25, 0.3) is 0 Å². The number of hydrogen-bond acceptors (Lipinski definition) is 3. The lowest BCUT2D eigenvalue weighted by molar-refractivity contribution is 0.490. The van der Waals surface area contributed by atoms with Gasteiger partial charge in [-0.1, -0.05) is 31.2 Å². The fraction of sp³-hybridized carbons (Fsp3) is 0.438. The summed E-state index contributed by atoms with van der Waals surface area (Å²) in [5.41, 5.74) is 9.78. The van der Waals surface area contributed by atoms with Crippen LogP contribution < -0.4 is 5.73 Å². The van der Waals surface area contributed by atoms with Crippen molar-refractivity contribution < 1.29 is 0 Å². The maximum absolute atomic E-state index is 6.49. The van der Waals surface area contributed by atoms with Crippen molar-refractivity contribution in [3.05, 3.63) is 51.0 Å². The summed E-state index contributed by atoms with van der Waals surface area (Å²) in [6, 6.07) is 8.62. The number of aromatic nitrogens is 1. The molecule has 0 saturated carbocycles. The Kier molecular flexibility index (Phi) is 4.07. The van der Waals surface area contributed by atoms with Crippen LogP contribution in [0.4, 0.5) is 0 Å². The van der Waals surface area contributed by atoms with E-state index in [1.165, 1.54) is 16.0 Å². The first kappa shape index (κ1) is 14.2. The molecule has 3 heteroatoms. The van der Waals surface area contributed by atoms with E-state index < -0.39 is 0 Å². The Morgan fingerprint density at radius 1 is 1.21 bits per heavy atom. The van der Waals surface area contributed by atoms with Gasteiger partial charge in [-0.15, -0.1) is 11.3 Å². The third kappa shape index (κ3) is 3.23. The summed E-state index contributed by atoms with van der Waals surface area (Å²) in [4.78, 5) is 5.88. The van der Waals surface area contributed by atoms with Gasteiger partial charge >= 0.3 is 0 Å². The number of benzene rings is 1. The van der Waals surface area contributed by atoms with Crippen LogP contribution in [0, 0.1) is 13.8 Å². The lowest BCUT2D eigenvalue weighted by atomic mass is 9.89. The third-order valence-corrected chi connectivity index (χ3v) is 4.69. The Morgan fingerprint density at radius 2 is 1.84 bits per heavy atom. The van der Waals surface area contributed by atoms with Gasteiger partial charge in [-0.2, -0.15) is 0 Å². The van der Waals surface area contributed by atoms with Crippen molar-refractivity contribution in [3.63, 3.8) is 0 Å². The predicted octanol–water partition coefficient (Wildman–Crippen LogP) is 3.74. The molecule has 2 rings (SSSR count). The largest absolute Gasteiger partial charge is 0.321 e. The molecule has 1 atom stereocenters. The Morgan fingerprint density at radius 3 is 2.32 bits per heavy atom. The Hall–Kier alpha value is -1.19. The van der Waals surface area contributed by atoms with Crippen LogP contribution >= 0.6 is 11.3 Å². The molecule has 2 aromatic rings. The average Bonchev–Trinajstić information content (AvgIpc) is 2.67. The molecule has 1 aromatic heterocycles. The number of nitrogens with zero attached hydrogens (tertiary/aromatic N) is 1. The van der Waals surface area contributed by atoms with Crippen molar-refractivity contribution in [1.29, 1.82) is 0 Å². The Balaban J connectivity index is 2.20. The molecule has 2 N–H and O–H groups in total. The van der Waals surface area contributed by atoms with Crippen LogP contribution in [0.15, 0.2) is 24.3 Å². The quantitative estimate of drug-likeness (QED) is 0.922. The van der Waals surface area contributed by atoms with E-state index in [1.54, 1.807) is 11.3 Å². The van der Waals surface area contributed by atoms with Crippen LogP contribution in [0.25, 0.3) is 0 Å². The van der Waals surface area contributed by atoms with Gasteiger partial charge in [0.2, 0.25) is 0 Å². The summed E-state index contributed by atoms with van der Waals surface area (Å²) in [6.45, 7) is 8.41. The molecule has 0 aliphatic rings. The van der Waals surface area contributed by atoms with E-state index in [2.05, 4.69) is 56.9 Å². The highest BCUT2D eigenvalue weighted by atomic mass is 32.1. The summed E-state index contributed by atoms with van der Waals surface area (Å²) in [5, 5.41) is 1.12. The molecule has 1 unspecified atom stereocenters. The highest BCUT2D eigenvalue weighted by Crippen LogP contribution is 2.26. The minimum Gasteiger partial charge on any atom is -0.321 e. The monoisotopic (exact) mass is 274 g/mol. The Labute approximate surface area is 119 Å². The Bertz CT molecular complexity index is 533. The average molecular weight is 274 g/mol. The van der Waals surface area contributed by atoms with Crippen LogP contribution in [0.5, 0.6) is 0 Å². The van der Waals surface area contributed by atoms with Crippen molar-refractivity contribution in [3.8, 4) is 0 Å². The molecule has 0 aliphatic heterocycles. The van der Waals surface area contributed by atoms with E-state index in [0.29, 0.717) is 0 Å². The summed E-state index contributed by atoms with van der Waals surface area (Å²) in [7, 11) is 0. The fourth-order valence-corrected chi connectivity index (χ4v) is 3.25. The van der Waals surface area contributed by atoms with Crippen LogP contribution in [-0.4, -0.2) is 4.98 Å². The molecule has 0 saturated heterocycles. The maximum Gasteiger partial charge on any atom is 0.0952 e. The van der Waals surface area contributed by atoms with Crippen molar-refractivity contribution in [2.75, 3.05) is 0 Å². The van der Waals surface area contributed by atoms with E-state index in [-0.39, 0.29) is 5.54 Å². The number of aryl methyl sites for hydroxylation is 3. The summed E-state index contributed by atoms with van der Waals surface area (Å²) < 4.78 is 0. The van der Waals surface area contributed by atoms with Crippen LogP contribution in [0.2, 0.25) is 0 Å². The van der Waals surface area contributed by atoms with Gasteiger partial charge in [0, 0.05) is 16.8 Å². The molecule has 0 amide bonds. The normalized spacial score (nSPS) is 14.4. The van der Waals surface area contributed by atoms with Crippen LogP contribution in [0.1, 0.15) is 40.6 Å². The molecule has 0 bridgehead atoms. The second-order valence-electron chi connectivity index (χ2n) is 5.39. The van der Waals surface area contributed by atoms with E-state index in [9.17, 15) is 0 Å². The van der Waals surface area contributed by atoms with Crippen molar-refractivity contribution >= 4 is 11.3 Å². The van der Waals surface area contributed by atoms with Crippen molar-refractivity contribution in [2.24, 2.45) is 5.73 Å². The highest BCUT2D eigenvalue weighted by molar-refractivity contribution is 7.11. The molecule has 1 aromatic carbocycles. The first-order chi connectivity index (χ1) is 8.92. The minimum absolute atomic E-state index is 0.358. The first-order valence-corrected chi connectivity index (χ1v) is 7.55. The van der Waals surface area contributed by atoms with Gasteiger partial charge in [0.1, 0.15) is 0 Å². The van der Waals surface area contributed by atoms with Crippen molar-refractivity contribution in [1.82, 2.24) is 4.98 Å². The lowest BCUT2D eigenvalue weighted by Crippen LogP contribution is -2.35. The smallest absolute Gasteiger partial charge is 0.0952 e. The zero-order valence-corrected chi connectivity index (χ0v) is 13.0. The SMILES string of the molecule is CCc1ccc(C(C)(N)Cc2nc(C)c(C)s2)cc1.